The molecule has 0 heterocycles. The summed E-state index contributed by atoms with van der Waals surface area (Å²) >= 11 is 0. The lowest BCUT2D eigenvalue weighted by Gasteiger charge is -1.97. The first-order valence-corrected chi connectivity index (χ1v) is 3.38. The fraction of sp³-hybridized carbons (Fsp3) is 0.750. The molecule has 0 atom stereocenters. The monoisotopic (exact) mass is 112 g/mol. The van der Waals surface area contributed by atoms with Gasteiger partial charge in [-0.05, 0) is 25.7 Å². The van der Waals surface area contributed by atoms with Crippen molar-refractivity contribution in [1.82, 2.24) is 0 Å². The summed E-state index contributed by atoms with van der Waals surface area (Å²) in [6, 6.07) is 0. The van der Waals surface area contributed by atoms with Crippen molar-refractivity contribution in [2.45, 2.75) is 33.6 Å². The molecule has 0 bridgehead atoms. The molecular weight excluding hydrogens is 96.1 g/mol. The third-order valence-corrected chi connectivity index (χ3v) is 1.15. The highest BCUT2D eigenvalue weighted by molar-refractivity contribution is 4.76. The Hall–Kier alpha value is -0.260. The van der Waals surface area contributed by atoms with Crippen LogP contribution < -0.4 is 0 Å². The van der Waals surface area contributed by atoms with E-state index in [9.17, 15) is 0 Å². The highest BCUT2D eigenvalue weighted by atomic mass is 13.9. The molecule has 0 saturated carbocycles. The molecule has 0 amide bonds. The Morgan fingerprint density at radius 3 is 2.38 bits per heavy atom. The largest absolute Gasteiger partial charge is 0.0917 e. The van der Waals surface area contributed by atoms with Crippen LogP contribution in [0.15, 0.2) is 12.2 Å². The summed E-state index contributed by atoms with van der Waals surface area (Å²) in [4.78, 5) is 0. The van der Waals surface area contributed by atoms with Gasteiger partial charge in [0.05, 0.1) is 0 Å². The van der Waals surface area contributed by atoms with E-state index in [1.807, 2.05) is 0 Å². The number of hydrogen-bond donors (Lipinski definition) is 0. The zero-order valence-electron chi connectivity index (χ0n) is 6.15. The topological polar surface area (TPSA) is 0 Å². The molecule has 0 heteroatoms. The van der Waals surface area contributed by atoms with E-state index in [4.69, 9.17) is 0 Å². The van der Waals surface area contributed by atoms with Crippen molar-refractivity contribution in [2.24, 2.45) is 5.92 Å². The van der Waals surface area contributed by atoms with Crippen molar-refractivity contribution in [3.63, 3.8) is 0 Å². The standard InChI is InChI=1S/C8H16/c1-4-5-6-7-8(2)3/h4-5,8H,6-7H2,1-3H3/b5-4-. The van der Waals surface area contributed by atoms with Crippen LogP contribution in [0, 0.1) is 5.92 Å². The summed E-state index contributed by atoms with van der Waals surface area (Å²) in [6.07, 6.45) is 6.90. The van der Waals surface area contributed by atoms with Crippen LogP contribution >= 0.6 is 0 Å². The minimum Gasteiger partial charge on any atom is -0.0917 e. The maximum atomic E-state index is 2.25. The summed E-state index contributed by atoms with van der Waals surface area (Å²) in [7, 11) is 0. The molecule has 0 radical (unpaired) electrons. The zero-order chi connectivity index (χ0) is 6.41. The molecule has 0 rings (SSSR count). The molecule has 0 spiro atoms. The molecular formula is C8H16. The van der Waals surface area contributed by atoms with Gasteiger partial charge in [-0.1, -0.05) is 26.0 Å². The minimum absolute atomic E-state index is 0.853. The van der Waals surface area contributed by atoms with Gasteiger partial charge in [0, 0.05) is 0 Å². The van der Waals surface area contributed by atoms with Crippen LogP contribution in [0.4, 0.5) is 0 Å². The zero-order valence-corrected chi connectivity index (χ0v) is 6.15. The highest BCUT2D eigenvalue weighted by Crippen LogP contribution is 2.02. The van der Waals surface area contributed by atoms with Crippen LogP contribution in [0.5, 0.6) is 0 Å². The van der Waals surface area contributed by atoms with Gasteiger partial charge in [0.1, 0.15) is 0 Å². The Balaban J connectivity index is 2.93. The summed E-state index contributed by atoms with van der Waals surface area (Å²) in [5, 5.41) is 0. The maximum absolute atomic E-state index is 2.25. The number of allylic oxidation sites excluding steroid dienone is 2. The van der Waals surface area contributed by atoms with Gasteiger partial charge in [-0.3, -0.25) is 0 Å². The van der Waals surface area contributed by atoms with E-state index in [-0.39, 0.29) is 0 Å². The van der Waals surface area contributed by atoms with Gasteiger partial charge in [-0.25, -0.2) is 0 Å². The van der Waals surface area contributed by atoms with E-state index in [0.717, 1.165) is 5.92 Å². The lowest BCUT2D eigenvalue weighted by molar-refractivity contribution is 0.594. The molecule has 48 valence electrons. The van der Waals surface area contributed by atoms with E-state index in [2.05, 4.69) is 32.9 Å². The smallest absolute Gasteiger partial charge is 0.0348 e. The second kappa shape index (κ2) is 4.89. The SMILES string of the molecule is C/C=C\CCC(C)C. The fourth-order valence-corrected chi connectivity index (χ4v) is 0.596. The molecule has 0 aromatic carbocycles. The van der Waals surface area contributed by atoms with E-state index in [1.54, 1.807) is 0 Å². The van der Waals surface area contributed by atoms with Gasteiger partial charge in [-0.2, -0.15) is 0 Å². The summed E-state index contributed by atoms with van der Waals surface area (Å²) in [6.45, 7) is 6.58. The van der Waals surface area contributed by atoms with E-state index >= 15 is 0 Å². The lowest BCUT2D eigenvalue weighted by atomic mass is 10.1. The van der Waals surface area contributed by atoms with Gasteiger partial charge in [0.2, 0.25) is 0 Å². The van der Waals surface area contributed by atoms with E-state index < -0.39 is 0 Å². The molecule has 0 aliphatic rings. The molecule has 0 aromatic rings. The average Bonchev–Trinajstić information content (AvgIpc) is 1.66. The molecule has 8 heavy (non-hydrogen) atoms. The van der Waals surface area contributed by atoms with Crippen molar-refractivity contribution >= 4 is 0 Å². The van der Waals surface area contributed by atoms with Crippen LogP contribution in [0.1, 0.15) is 33.6 Å². The van der Waals surface area contributed by atoms with Gasteiger partial charge in [0.15, 0.2) is 0 Å². The highest BCUT2D eigenvalue weighted by Gasteiger charge is 1.87. The third kappa shape index (κ3) is 5.74. The first-order chi connectivity index (χ1) is 3.77. The second-order valence-corrected chi connectivity index (χ2v) is 2.54. The Morgan fingerprint density at radius 1 is 1.38 bits per heavy atom. The van der Waals surface area contributed by atoms with Gasteiger partial charge in [-0.15, -0.1) is 0 Å². The quantitative estimate of drug-likeness (QED) is 0.492. The molecule has 0 saturated heterocycles. The summed E-state index contributed by atoms with van der Waals surface area (Å²) in [5.74, 6) is 0.853. The molecule has 0 aliphatic heterocycles. The Kier molecular flexibility index (Phi) is 4.73. The first kappa shape index (κ1) is 7.74. The van der Waals surface area contributed by atoms with E-state index in [0.29, 0.717) is 0 Å². The molecule has 0 aromatic heterocycles. The Morgan fingerprint density at radius 2 is 2.00 bits per heavy atom. The van der Waals surface area contributed by atoms with Gasteiger partial charge in [0.25, 0.3) is 0 Å². The van der Waals surface area contributed by atoms with Crippen molar-refractivity contribution in [3.05, 3.63) is 12.2 Å². The van der Waals surface area contributed by atoms with Crippen molar-refractivity contribution in [2.75, 3.05) is 0 Å². The first-order valence-electron chi connectivity index (χ1n) is 3.38. The molecule has 0 unspecified atom stereocenters. The number of rotatable bonds is 3. The molecule has 0 fully saturated rings. The number of hydrogen-bond acceptors (Lipinski definition) is 0. The summed E-state index contributed by atoms with van der Waals surface area (Å²) in [5.41, 5.74) is 0. The lowest BCUT2D eigenvalue weighted by Crippen LogP contribution is -1.82. The normalized spacial score (nSPS) is 11.5. The Labute approximate surface area is 52.6 Å². The molecule has 0 nitrogen and oxygen atoms in total. The van der Waals surface area contributed by atoms with Crippen molar-refractivity contribution in [1.29, 1.82) is 0 Å². The third-order valence-electron chi connectivity index (χ3n) is 1.15. The predicted molar refractivity (Wildman–Crippen MR) is 38.9 cm³/mol. The summed E-state index contributed by atoms with van der Waals surface area (Å²) < 4.78 is 0. The van der Waals surface area contributed by atoms with Crippen LogP contribution in [0.3, 0.4) is 0 Å². The van der Waals surface area contributed by atoms with Crippen molar-refractivity contribution in [3.8, 4) is 0 Å². The van der Waals surface area contributed by atoms with Crippen molar-refractivity contribution < 1.29 is 0 Å². The predicted octanol–water partition coefficient (Wildman–Crippen LogP) is 3.00. The van der Waals surface area contributed by atoms with Crippen LogP contribution in [-0.2, 0) is 0 Å². The minimum atomic E-state index is 0.853. The van der Waals surface area contributed by atoms with Crippen LogP contribution in [0.2, 0.25) is 0 Å². The maximum Gasteiger partial charge on any atom is -0.0348 e. The van der Waals surface area contributed by atoms with Gasteiger partial charge >= 0.3 is 0 Å². The van der Waals surface area contributed by atoms with E-state index in [1.165, 1.54) is 12.8 Å². The Bertz CT molecular complexity index is 60.4. The second-order valence-electron chi connectivity index (χ2n) is 2.54. The fourth-order valence-electron chi connectivity index (χ4n) is 0.596. The average molecular weight is 112 g/mol. The van der Waals surface area contributed by atoms with Gasteiger partial charge < -0.3 is 0 Å². The molecule has 0 N–H and O–H groups in total. The molecule has 0 aliphatic carbocycles. The van der Waals surface area contributed by atoms with Crippen LogP contribution in [0.25, 0.3) is 0 Å². The van der Waals surface area contributed by atoms with Crippen LogP contribution in [-0.4, -0.2) is 0 Å².